The smallest absolute Gasteiger partial charge is 0.322 e. The third-order valence-electron chi connectivity index (χ3n) is 2.18. The maximum atomic E-state index is 10.5. The quantitative estimate of drug-likeness (QED) is 0.233. The van der Waals surface area contributed by atoms with Gasteiger partial charge in [0.25, 0.3) is 11.8 Å². The van der Waals surface area contributed by atoms with Crippen molar-refractivity contribution < 1.29 is 39.6 Å². The van der Waals surface area contributed by atoms with Crippen molar-refractivity contribution in [2.24, 2.45) is 22.9 Å². The molecule has 1 heterocycles. The Morgan fingerprint density at radius 1 is 0.808 bits per heavy atom. The Kier molecular flexibility index (Phi) is 12.6. The highest BCUT2D eigenvalue weighted by molar-refractivity contribution is 5.92. The van der Waals surface area contributed by atoms with E-state index in [4.69, 9.17) is 43.4 Å². The van der Waals surface area contributed by atoms with Gasteiger partial charge in [-0.3, -0.25) is 19.2 Å². The molecular formula is C12H20N6O8. The number of nitrogens with two attached hydrogens (primary N) is 4. The maximum Gasteiger partial charge on any atom is 0.322 e. The summed E-state index contributed by atoms with van der Waals surface area (Å²) >= 11 is 0. The summed E-state index contributed by atoms with van der Waals surface area (Å²) in [6, 6.07) is -2.25. The van der Waals surface area contributed by atoms with Crippen LogP contribution < -0.4 is 22.9 Å². The van der Waals surface area contributed by atoms with Crippen LogP contribution in [0, 0.1) is 0 Å². The van der Waals surface area contributed by atoms with Crippen LogP contribution >= 0.6 is 0 Å². The number of aliphatic hydroxyl groups excluding tert-OH is 2. The molecule has 1 rings (SSSR count). The summed E-state index contributed by atoms with van der Waals surface area (Å²) in [7, 11) is 0. The number of hydrogen-bond donors (Lipinski definition) is 8. The zero-order valence-electron chi connectivity index (χ0n) is 13.3. The molecule has 0 fully saturated rings. The van der Waals surface area contributed by atoms with Gasteiger partial charge in [0.2, 0.25) is 0 Å². The zero-order chi connectivity index (χ0) is 20.9. The van der Waals surface area contributed by atoms with Gasteiger partial charge in [-0.2, -0.15) is 0 Å². The van der Waals surface area contributed by atoms with Gasteiger partial charge >= 0.3 is 11.9 Å². The lowest BCUT2D eigenvalue weighted by Gasteiger charge is -1.96. The summed E-state index contributed by atoms with van der Waals surface area (Å²) in [5, 5.41) is 31.8. The van der Waals surface area contributed by atoms with Gasteiger partial charge in [-0.15, -0.1) is 0 Å². The van der Waals surface area contributed by atoms with Crippen LogP contribution in [0.2, 0.25) is 0 Å². The van der Waals surface area contributed by atoms with E-state index in [2.05, 4.69) is 9.97 Å². The molecule has 0 aliphatic rings. The van der Waals surface area contributed by atoms with E-state index in [0.29, 0.717) is 0 Å². The SMILES string of the molecule is NC(=O)c1cnc(C(N)=O)cn1.NC(CO)C(=O)O.NC(CO)C(=O)O. The number of aromatic nitrogens is 2. The van der Waals surface area contributed by atoms with E-state index in [1.54, 1.807) is 0 Å². The average Bonchev–Trinajstić information content (AvgIpc) is 2.61. The van der Waals surface area contributed by atoms with Crippen molar-refractivity contribution in [2.75, 3.05) is 13.2 Å². The summed E-state index contributed by atoms with van der Waals surface area (Å²) in [4.78, 5) is 47.4. The molecule has 0 aliphatic carbocycles. The molecule has 1 aromatic heterocycles. The van der Waals surface area contributed by atoms with Crippen molar-refractivity contribution in [1.82, 2.24) is 9.97 Å². The number of amides is 2. The Labute approximate surface area is 146 Å². The molecule has 0 saturated heterocycles. The van der Waals surface area contributed by atoms with Gasteiger partial charge in [-0.1, -0.05) is 0 Å². The first-order valence-electron chi connectivity index (χ1n) is 6.57. The second-order valence-electron chi connectivity index (χ2n) is 4.27. The third kappa shape index (κ3) is 11.4. The first-order valence-corrected chi connectivity index (χ1v) is 6.57. The molecule has 0 bridgehead atoms. The van der Waals surface area contributed by atoms with Crippen molar-refractivity contribution >= 4 is 23.8 Å². The van der Waals surface area contributed by atoms with Crippen molar-refractivity contribution in [3.8, 4) is 0 Å². The summed E-state index contributed by atoms with van der Waals surface area (Å²) in [5.41, 5.74) is 19.3. The molecule has 0 aromatic carbocycles. The Morgan fingerprint density at radius 2 is 1.08 bits per heavy atom. The predicted molar refractivity (Wildman–Crippen MR) is 84.5 cm³/mol. The first kappa shape index (κ1) is 25.0. The molecule has 0 radical (unpaired) electrons. The molecule has 2 unspecified atom stereocenters. The molecule has 0 spiro atoms. The van der Waals surface area contributed by atoms with E-state index < -0.39 is 49.1 Å². The lowest BCUT2D eigenvalue weighted by molar-refractivity contribution is -0.140. The minimum Gasteiger partial charge on any atom is -0.480 e. The highest BCUT2D eigenvalue weighted by Gasteiger charge is 2.07. The number of aliphatic carboxylic acids is 2. The number of hydrogen-bond acceptors (Lipinski definition) is 10. The monoisotopic (exact) mass is 376 g/mol. The Hall–Kier alpha value is -3.20. The second-order valence-corrected chi connectivity index (χ2v) is 4.27. The number of carboxylic acid groups (broad SMARTS) is 2. The Balaban J connectivity index is 0. The molecule has 14 nitrogen and oxygen atoms in total. The van der Waals surface area contributed by atoms with Crippen LogP contribution in [0.15, 0.2) is 12.4 Å². The summed E-state index contributed by atoms with van der Waals surface area (Å²) in [5.74, 6) is -3.75. The topological polar surface area (TPSA) is 279 Å². The maximum absolute atomic E-state index is 10.5. The number of aliphatic hydroxyl groups is 2. The van der Waals surface area contributed by atoms with Gasteiger partial charge in [0.15, 0.2) is 0 Å². The highest BCUT2D eigenvalue weighted by atomic mass is 16.4. The molecular weight excluding hydrogens is 356 g/mol. The number of primary amides is 2. The van der Waals surface area contributed by atoms with Crippen LogP contribution in [0.1, 0.15) is 21.0 Å². The normalized spacial score (nSPS) is 11.5. The van der Waals surface area contributed by atoms with Crippen molar-refractivity contribution in [3.05, 3.63) is 23.8 Å². The summed E-state index contributed by atoms with van der Waals surface area (Å²) < 4.78 is 0. The molecule has 1 aromatic rings. The molecule has 146 valence electrons. The fourth-order valence-electron chi connectivity index (χ4n) is 0.739. The van der Waals surface area contributed by atoms with Crippen LogP contribution in [0.5, 0.6) is 0 Å². The van der Waals surface area contributed by atoms with Gasteiger partial charge in [0, 0.05) is 0 Å². The van der Waals surface area contributed by atoms with Crippen LogP contribution in [-0.4, -0.2) is 79.4 Å². The fourth-order valence-corrected chi connectivity index (χ4v) is 0.739. The summed E-state index contributed by atoms with van der Waals surface area (Å²) in [6.07, 6.45) is 2.20. The first-order chi connectivity index (χ1) is 12.0. The van der Waals surface area contributed by atoms with Gasteiger partial charge in [-0.25, -0.2) is 9.97 Å². The van der Waals surface area contributed by atoms with E-state index in [1.165, 1.54) is 0 Å². The van der Waals surface area contributed by atoms with Gasteiger partial charge in [-0.05, 0) is 0 Å². The predicted octanol–water partition coefficient (Wildman–Crippen LogP) is -4.54. The standard InChI is InChI=1S/C6H6N4O2.2C3H7NO3/c7-5(11)3-1-9-4(2-10-3)6(8)12;2*4-2(1-5)3(6)7/h1-2H,(H2,7,11)(H2,8,12);2*2,5H,1,4H2,(H,6,7). The van der Waals surface area contributed by atoms with Crippen LogP contribution in [-0.2, 0) is 9.59 Å². The van der Waals surface area contributed by atoms with Crippen molar-refractivity contribution in [3.63, 3.8) is 0 Å². The zero-order valence-corrected chi connectivity index (χ0v) is 13.3. The van der Waals surface area contributed by atoms with Crippen LogP contribution in [0.4, 0.5) is 0 Å². The van der Waals surface area contributed by atoms with Crippen LogP contribution in [0.25, 0.3) is 0 Å². The van der Waals surface area contributed by atoms with Gasteiger partial charge in [0.1, 0.15) is 23.5 Å². The molecule has 0 aliphatic heterocycles. The van der Waals surface area contributed by atoms with Crippen molar-refractivity contribution in [2.45, 2.75) is 12.1 Å². The average molecular weight is 376 g/mol. The van der Waals surface area contributed by atoms with Gasteiger partial charge < -0.3 is 43.4 Å². The van der Waals surface area contributed by atoms with E-state index >= 15 is 0 Å². The van der Waals surface area contributed by atoms with E-state index in [9.17, 15) is 19.2 Å². The molecule has 0 saturated carbocycles. The van der Waals surface area contributed by atoms with E-state index in [-0.39, 0.29) is 11.4 Å². The van der Waals surface area contributed by atoms with E-state index in [1.807, 2.05) is 0 Å². The lowest BCUT2D eigenvalue weighted by atomic mass is 10.3. The molecule has 14 heteroatoms. The molecule has 2 atom stereocenters. The highest BCUT2D eigenvalue weighted by Crippen LogP contribution is 1.92. The van der Waals surface area contributed by atoms with Gasteiger partial charge in [0.05, 0.1) is 25.6 Å². The third-order valence-corrected chi connectivity index (χ3v) is 2.18. The molecule has 2 amide bonds. The largest absolute Gasteiger partial charge is 0.480 e. The number of rotatable bonds is 6. The van der Waals surface area contributed by atoms with Crippen molar-refractivity contribution in [1.29, 1.82) is 0 Å². The van der Waals surface area contributed by atoms with E-state index in [0.717, 1.165) is 12.4 Å². The Bertz CT molecular complexity index is 555. The van der Waals surface area contributed by atoms with Crippen LogP contribution in [0.3, 0.4) is 0 Å². The lowest BCUT2D eigenvalue weighted by Crippen LogP contribution is -2.33. The number of carboxylic acids is 2. The number of carbonyl (C=O) groups is 4. The molecule has 12 N–H and O–H groups in total. The summed E-state index contributed by atoms with van der Waals surface area (Å²) in [6.45, 7) is -1.01. The number of nitrogens with zero attached hydrogens (tertiary/aromatic N) is 2. The second kappa shape index (κ2) is 13.1. The minimum absolute atomic E-state index is 0.000000000000000222. The Morgan fingerprint density at radius 3 is 1.15 bits per heavy atom. The minimum atomic E-state index is -1.18. The fraction of sp³-hybridized carbons (Fsp3) is 0.333. The molecule has 26 heavy (non-hydrogen) atoms. The number of carbonyl (C=O) groups excluding carboxylic acids is 2.